The van der Waals surface area contributed by atoms with Crippen LogP contribution in [-0.4, -0.2) is 17.2 Å². The fraction of sp³-hybridized carbons (Fsp3) is 0.182. The number of rotatable bonds is 2. The van der Waals surface area contributed by atoms with E-state index in [4.69, 9.17) is 21.4 Å². The van der Waals surface area contributed by atoms with E-state index in [1.165, 1.54) is 0 Å². The summed E-state index contributed by atoms with van der Waals surface area (Å²) >= 11 is 6.12. The topological polar surface area (TPSA) is 42.4 Å². The molecule has 15 heavy (non-hydrogen) atoms. The van der Waals surface area contributed by atoms with Gasteiger partial charge in [-0.3, -0.25) is 4.98 Å². The van der Waals surface area contributed by atoms with Crippen molar-refractivity contribution in [2.45, 2.75) is 6.61 Å². The molecule has 2 rings (SSSR count). The Kier molecular flexibility index (Phi) is 2.75. The van der Waals surface area contributed by atoms with E-state index in [9.17, 15) is 0 Å². The van der Waals surface area contributed by atoms with Gasteiger partial charge in [0, 0.05) is 17.1 Å². The van der Waals surface area contributed by atoms with Crippen LogP contribution >= 0.6 is 11.6 Å². The molecule has 1 aromatic carbocycles. The van der Waals surface area contributed by atoms with Gasteiger partial charge in [0.2, 0.25) is 0 Å². The average Bonchev–Trinajstić information content (AvgIpc) is 2.29. The molecule has 4 heteroatoms. The molecule has 0 aliphatic carbocycles. The molecule has 1 heterocycles. The third kappa shape index (κ3) is 1.76. The highest BCUT2D eigenvalue weighted by molar-refractivity contribution is 6.36. The summed E-state index contributed by atoms with van der Waals surface area (Å²) in [5.74, 6) is 0.723. The summed E-state index contributed by atoms with van der Waals surface area (Å²) in [6, 6.07) is 5.47. The van der Waals surface area contributed by atoms with E-state index in [1.54, 1.807) is 13.3 Å². The maximum absolute atomic E-state index is 9.05. The van der Waals surface area contributed by atoms with E-state index in [2.05, 4.69) is 4.98 Å². The summed E-state index contributed by atoms with van der Waals surface area (Å²) in [4.78, 5) is 4.19. The lowest BCUT2D eigenvalue weighted by Gasteiger charge is -2.06. The standard InChI is InChI=1S/C11H10ClNO2/c1-15-8-2-3-10-9(4-8)11(12)7(6-14)5-13-10/h2-5,14H,6H2,1H3. The molecule has 0 fully saturated rings. The number of ether oxygens (including phenoxy) is 1. The fourth-order valence-electron chi connectivity index (χ4n) is 1.42. The van der Waals surface area contributed by atoms with E-state index in [-0.39, 0.29) is 6.61 Å². The van der Waals surface area contributed by atoms with Gasteiger partial charge in [-0.15, -0.1) is 0 Å². The maximum atomic E-state index is 9.05. The first-order valence-electron chi connectivity index (χ1n) is 4.48. The van der Waals surface area contributed by atoms with Crippen molar-refractivity contribution in [2.75, 3.05) is 7.11 Å². The molecule has 0 unspecified atom stereocenters. The van der Waals surface area contributed by atoms with Gasteiger partial charge in [-0.2, -0.15) is 0 Å². The summed E-state index contributed by atoms with van der Waals surface area (Å²) in [6.07, 6.45) is 1.58. The molecule has 0 atom stereocenters. The van der Waals surface area contributed by atoms with Crippen LogP contribution in [0.15, 0.2) is 24.4 Å². The van der Waals surface area contributed by atoms with Crippen molar-refractivity contribution in [1.29, 1.82) is 0 Å². The molecule has 0 saturated heterocycles. The van der Waals surface area contributed by atoms with Gasteiger partial charge in [0.05, 0.1) is 24.3 Å². The minimum Gasteiger partial charge on any atom is -0.497 e. The van der Waals surface area contributed by atoms with Crippen molar-refractivity contribution in [3.63, 3.8) is 0 Å². The molecule has 0 spiro atoms. The number of aromatic nitrogens is 1. The van der Waals surface area contributed by atoms with Crippen LogP contribution in [0, 0.1) is 0 Å². The Morgan fingerprint density at radius 3 is 2.93 bits per heavy atom. The highest BCUT2D eigenvalue weighted by Gasteiger charge is 2.06. The van der Waals surface area contributed by atoms with Crippen LogP contribution < -0.4 is 4.74 Å². The Balaban J connectivity index is 2.72. The second kappa shape index (κ2) is 4.04. The number of fused-ring (bicyclic) bond motifs is 1. The first-order valence-corrected chi connectivity index (χ1v) is 4.86. The first kappa shape index (κ1) is 10.2. The monoisotopic (exact) mass is 223 g/mol. The SMILES string of the molecule is COc1ccc2ncc(CO)c(Cl)c2c1. The predicted octanol–water partition coefficient (Wildman–Crippen LogP) is 2.39. The largest absolute Gasteiger partial charge is 0.497 e. The van der Waals surface area contributed by atoms with Gasteiger partial charge in [-0.25, -0.2) is 0 Å². The maximum Gasteiger partial charge on any atom is 0.119 e. The van der Waals surface area contributed by atoms with E-state index >= 15 is 0 Å². The third-order valence-corrected chi connectivity index (χ3v) is 2.70. The van der Waals surface area contributed by atoms with Gasteiger partial charge >= 0.3 is 0 Å². The molecule has 78 valence electrons. The summed E-state index contributed by atoms with van der Waals surface area (Å²) in [5, 5.41) is 10.4. The Hall–Kier alpha value is -1.32. The Bertz CT molecular complexity index is 494. The highest BCUT2D eigenvalue weighted by Crippen LogP contribution is 2.28. The van der Waals surface area contributed by atoms with Crippen LogP contribution in [0.1, 0.15) is 5.56 Å². The first-order chi connectivity index (χ1) is 7.26. The van der Waals surface area contributed by atoms with Crippen molar-refractivity contribution in [3.05, 3.63) is 35.0 Å². The second-order valence-corrected chi connectivity index (χ2v) is 3.52. The number of hydrogen-bond acceptors (Lipinski definition) is 3. The molecule has 0 amide bonds. The number of pyridine rings is 1. The minimum atomic E-state index is -0.112. The molecule has 0 saturated carbocycles. The van der Waals surface area contributed by atoms with E-state index in [0.29, 0.717) is 10.6 Å². The summed E-state index contributed by atoms with van der Waals surface area (Å²) in [7, 11) is 1.60. The number of nitrogens with zero attached hydrogens (tertiary/aromatic N) is 1. The van der Waals surface area contributed by atoms with Crippen LogP contribution in [0.5, 0.6) is 5.75 Å². The lowest BCUT2D eigenvalue weighted by molar-refractivity contribution is 0.281. The summed E-state index contributed by atoms with van der Waals surface area (Å²) in [5.41, 5.74) is 1.41. The lowest BCUT2D eigenvalue weighted by Crippen LogP contribution is -1.90. The minimum absolute atomic E-state index is 0.112. The number of hydrogen-bond donors (Lipinski definition) is 1. The number of methoxy groups -OCH3 is 1. The fourth-order valence-corrected chi connectivity index (χ4v) is 1.68. The van der Waals surface area contributed by atoms with Crippen LogP contribution in [0.3, 0.4) is 0 Å². The summed E-state index contributed by atoms with van der Waals surface area (Å²) in [6.45, 7) is -0.112. The lowest BCUT2D eigenvalue weighted by atomic mass is 10.1. The van der Waals surface area contributed by atoms with Crippen LogP contribution in [0.2, 0.25) is 5.02 Å². The van der Waals surface area contributed by atoms with E-state index in [1.807, 2.05) is 18.2 Å². The van der Waals surface area contributed by atoms with Gasteiger partial charge in [0.25, 0.3) is 0 Å². The van der Waals surface area contributed by atoms with E-state index in [0.717, 1.165) is 16.7 Å². The van der Waals surface area contributed by atoms with Gasteiger partial charge in [0.15, 0.2) is 0 Å². The number of aliphatic hydroxyl groups excluding tert-OH is 1. The number of benzene rings is 1. The average molecular weight is 224 g/mol. The smallest absolute Gasteiger partial charge is 0.119 e. The number of aliphatic hydroxyl groups is 1. The quantitative estimate of drug-likeness (QED) is 0.850. The van der Waals surface area contributed by atoms with Crippen molar-refractivity contribution in [3.8, 4) is 5.75 Å². The van der Waals surface area contributed by atoms with Crippen LogP contribution in [0.4, 0.5) is 0 Å². The van der Waals surface area contributed by atoms with Crippen molar-refractivity contribution < 1.29 is 9.84 Å². The zero-order chi connectivity index (χ0) is 10.8. The molecule has 0 radical (unpaired) electrons. The molecular formula is C11H10ClNO2. The Morgan fingerprint density at radius 1 is 1.47 bits per heavy atom. The van der Waals surface area contributed by atoms with Crippen LogP contribution in [-0.2, 0) is 6.61 Å². The van der Waals surface area contributed by atoms with Gasteiger partial charge in [-0.1, -0.05) is 11.6 Å². The van der Waals surface area contributed by atoms with Gasteiger partial charge in [-0.05, 0) is 18.2 Å². The Labute approximate surface area is 92.3 Å². The van der Waals surface area contributed by atoms with E-state index < -0.39 is 0 Å². The second-order valence-electron chi connectivity index (χ2n) is 3.14. The molecule has 0 aliphatic heterocycles. The van der Waals surface area contributed by atoms with Crippen LogP contribution in [0.25, 0.3) is 10.9 Å². The number of halogens is 1. The third-order valence-electron chi connectivity index (χ3n) is 2.25. The Morgan fingerprint density at radius 2 is 2.27 bits per heavy atom. The molecule has 1 N–H and O–H groups in total. The van der Waals surface area contributed by atoms with Crippen molar-refractivity contribution in [2.24, 2.45) is 0 Å². The predicted molar refractivity (Wildman–Crippen MR) is 59.2 cm³/mol. The zero-order valence-corrected chi connectivity index (χ0v) is 8.95. The molecule has 1 aromatic heterocycles. The highest BCUT2D eigenvalue weighted by atomic mass is 35.5. The summed E-state index contributed by atoms with van der Waals surface area (Å²) < 4.78 is 5.10. The molecule has 0 aliphatic rings. The molecule has 2 aromatic rings. The zero-order valence-electron chi connectivity index (χ0n) is 8.20. The van der Waals surface area contributed by atoms with Crippen molar-refractivity contribution >= 4 is 22.5 Å². The molecule has 0 bridgehead atoms. The normalized spacial score (nSPS) is 10.6. The molecule has 3 nitrogen and oxygen atoms in total. The van der Waals surface area contributed by atoms with Gasteiger partial charge in [0.1, 0.15) is 5.75 Å². The van der Waals surface area contributed by atoms with Gasteiger partial charge < -0.3 is 9.84 Å². The van der Waals surface area contributed by atoms with Crippen molar-refractivity contribution in [1.82, 2.24) is 4.98 Å². The molecular weight excluding hydrogens is 214 g/mol.